The minimum Gasteiger partial charge on any atom is -0.477 e. The molecule has 41 heavy (non-hydrogen) atoms. The standard InChI is InChI=1S/C26H33NO14/c1-14(28)36-13-20(39-16(3)30)22(40-17(4)31)23-21(27-25(34)37-12-18-9-7-6-8-10-18)19(38-15(2)29)11-26(35-5,41-23)24(32)33/h6-10,19-23H,11-13H2,1-5H3,(H,27,34)(H,32,33)/t19-,20+,21+,22+,23+,26+/m0/s1. The third-order valence-corrected chi connectivity index (χ3v) is 5.78. The molecule has 2 rings (SSSR count). The summed E-state index contributed by atoms with van der Waals surface area (Å²) in [6.45, 7) is 3.36. The van der Waals surface area contributed by atoms with E-state index in [-0.39, 0.29) is 6.61 Å². The molecule has 1 saturated heterocycles. The molecule has 15 heteroatoms. The van der Waals surface area contributed by atoms with Gasteiger partial charge in [0, 0.05) is 34.8 Å². The molecule has 0 aliphatic carbocycles. The van der Waals surface area contributed by atoms with Gasteiger partial charge in [-0.05, 0) is 5.56 Å². The lowest BCUT2D eigenvalue weighted by molar-refractivity contribution is -0.306. The molecule has 1 fully saturated rings. The number of aliphatic carboxylic acids is 1. The van der Waals surface area contributed by atoms with Crippen LogP contribution in [0.2, 0.25) is 0 Å². The number of methoxy groups -OCH3 is 1. The van der Waals surface area contributed by atoms with E-state index >= 15 is 0 Å². The van der Waals surface area contributed by atoms with Gasteiger partial charge in [-0.15, -0.1) is 0 Å². The molecule has 0 saturated carbocycles. The summed E-state index contributed by atoms with van der Waals surface area (Å²) in [4.78, 5) is 72.9. The Morgan fingerprint density at radius 3 is 2.10 bits per heavy atom. The first-order valence-electron chi connectivity index (χ1n) is 12.4. The lowest BCUT2D eigenvalue weighted by Gasteiger charge is -2.47. The number of ether oxygens (including phenoxy) is 7. The van der Waals surface area contributed by atoms with Crippen LogP contribution in [0.3, 0.4) is 0 Å². The van der Waals surface area contributed by atoms with E-state index in [0.29, 0.717) is 5.56 Å². The number of benzene rings is 1. The summed E-state index contributed by atoms with van der Waals surface area (Å²) in [7, 11) is 1.02. The maximum absolute atomic E-state index is 12.9. The summed E-state index contributed by atoms with van der Waals surface area (Å²) in [6.07, 6.45) is -8.10. The predicted molar refractivity (Wildman–Crippen MR) is 134 cm³/mol. The number of carbonyl (C=O) groups excluding carboxylic acids is 5. The molecule has 0 spiro atoms. The van der Waals surface area contributed by atoms with Crippen molar-refractivity contribution in [3.63, 3.8) is 0 Å². The number of rotatable bonds is 12. The number of carboxylic acids is 1. The van der Waals surface area contributed by atoms with Crippen molar-refractivity contribution in [2.75, 3.05) is 13.7 Å². The first kappa shape index (κ1) is 33.0. The van der Waals surface area contributed by atoms with Crippen LogP contribution in [0.25, 0.3) is 0 Å². The average Bonchev–Trinajstić information content (AvgIpc) is 2.89. The first-order chi connectivity index (χ1) is 19.3. The van der Waals surface area contributed by atoms with Gasteiger partial charge in [-0.1, -0.05) is 30.3 Å². The Labute approximate surface area is 235 Å². The molecule has 0 aromatic heterocycles. The molecule has 1 amide bonds. The summed E-state index contributed by atoms with van der Waals surface area (Å²) >= 11 is 0. The Bertz CT molecular complexity index is 1110. The van der Waals surface area contributed by atoms with E-state index < -0.39 is 85.2 Å². The molecule has 1 aliphatic heterocycles. The van der Waals surface area contributed by atoms with Crippen molar-refractivity contribution in [1.82, 2.24) is 5.32 Å². The highest BCUT2D eigenvalue weighted by Gasteiger charge is 2.58. The highest BCUT2D eigenvalue weighted by molar-refractivity contribution is 5.76. The van der Waals surface area contributed by atoms with Crippen molar-refractivity contribution in [1.29, 1.82) is 0 Å². The van der Waals surface area contributed by atoms with E-state index in [4.69, 9.17) is 33.2 Å². The van der Waals surface area contributed by atoms with Crippen molar-refractivity contribution >= 4 is 35.9 Å². The normalized spacial score (nSPS) is 23.2. The zero-order valence-corrected chi connectivity index (χ0v) is 23.1. The van der Waals surface area contributed by atoms with Crippen LogP contribution in [0.1, 0.15) is 39.7 Å². The minimum atomic E-state index is -2.47. The predicted octanol–water partition coefficient (Wildman–Crippen LogP) is 0.856. The number of nitrogens with one attached hydrogen (secondary N) is 1. The quantitative estimate of drug-likeness (QED) is 0.259. The second-order valence-corrected chi connectivity index (χ2v) is 8.95. The molecule has 1 aliphatic rings. The van der Waals surface area contributed by atoms with Gasteiger partial charge in [0.1, 0.15) is 25.4 Å². The van der Waals surface area contributed by atoms with Crippen LogP contribution in [-0.4, -0.2) is 91.0 Å². The fraction of sp³-hybridized carbons (Fsp3) is 0.538. The van der Waals surface area contributed by atoms with Crippen LogP contribution in [-0.2, 0) is 63.7 Å². The number of hydrogen-bond acceptors (Lipinski definition) is 13. The van der Waals surface area contributed by atoms with Crippen molar-refractivity contribution in [2.24, 2.45) is 0 Å². The Hall–Kier alpha value is -4.24. The van der Waals surface area contributed by atoms with Gasteiger partial charge in [0.25, 0.3) is 5.79 Å². The van der Waals surface area contributed by atoms with Crippen molar-refractivity contribution < 1.29 is 67.0 Å². The molecular weight excluding hydrogens is 550 g/mol. The van der Waals surface area contributed by atoms with Gasteiger partial charge < -0.3 is 43.6 Å². The van der Waals surface area contributed by atoms with E-state index in [1.54, 1.807) is 30.3 Å². The van der Waals surface area contributed by atoms with Crippen molar-refractivity contribution in [3.05, 3.63) is 35.9 Å². The monoisotopic (exact) mass is 583 g/mol. The summed E-state index contributed by atoms with van der Waals surface area (Å²) in [5.74, 6) is -7.56. The topological polar surface area (TPSA) is 199 Å². The van der Waals surface area contributed by atoms with Crippen LogP contribution in [0.4, 0.5) is 4.79 Å². The Kier molecular flexibility index (Phi) is 12.0. The van der Waals surface area contributed by atoms with Crippen LogP contribution < -0.4 is 5.32 Å². The van der Waals surface area contributed by atoms with Gasteiger partial charge in [-0.2, -0.15) is 0 Å². The fourth-order valence-corrected chi connectivity index (χ4v) is 4.13. The lowest BCUT2D eigenvalue weighted by atomic mass is 9.88. The third kappa shape index (κ3) is 9.72. The maximum Gasteiger partial charge on any atom is 0.407 e. The van der Waals surface area contributed by atoms with E-state index in [1.807, 2.05) is 0 Å². The molecule has 1 heterocycles. The zero-order chi connectivity index (χ0) is 30.7. The lowest BCUT2D eigenvalue weighted by Crippen LogP contribution is -2.69. The second-order valence-electron chi connectivity index (χ2n) is 8.95. The third-order valence-electron chi connectivity index (χ3n) is 5.78. The number of alkyl carbamates (subject to hydrolysis) is 1. The number of carbonyl (C=O) groups is 6. The molecule has 2 N–H and O–H groups in total. The zero-order valence-electron chi connectivity index (χ0n) is 23.1. The molecular formula is C26H33NO14. The molecule has 226 valence electrons. The highest BCUT2D eigenvalue weighted by atomic mass is 16.7. The maximum atomic E-state index is 12.9. The molecule has 0 radical (unpaired) electrons. The molecule has 15 nitrogen and oxygen atoms in total. The Balaban J connectivity index is 2.58. The van der Waals surface area contributed by atoms with Gasteiger partial charge in [0.2, 0.25) is 0 Å². The number of hydrogen-bond donors (Lipinski definition) is 2. The Morgan fingerprint density at radius 1 is 0.951 bits per heavy atom. The first-order valence-corrected chi connectivity index (χ1v) is 12.4. The minimum absolute atomic E-state index is 0.157. The molecule has 1 aromatic rings. The SMILES string of the molecule is CO[C@]1(C(=O)O)C[C@H](OC(C)=O)[C@@H](NC(=O)OCc2ccccc2)[C@H]([C@H](OC(C)=O)[C@@H](COC(C)=O)OC(C)=O)O1. The van der Waals surface area contributed by atoms with E-state index in [9.17, 15) is 33.9 Å². The highest BCUT2D eigenvalue weighted by Crippen LogP contribution is 2.36. The molecule has 0 bridgehead atoms. The van der Waals surface area contributed by atoms with Gasteiger partial charge >= 0.3 is 35.9 Å². The van der Waals surface area contributed by atoms with Crippen LogP contribution >= 0.6 is 0 Å². The number of carboxylic acid groups (broad SMARTS) is 1. The van der Waals surface area contributed by atoms with Crippen LogP contribution in [0.15, 0.2) is 30.3 Å². The van der Waals surface area contributed by atoms with Crippen LogP contribution in [0.5, 0.6) is 0 Å². The van der Waals surface area contributed by atoms with Crippen molar-refractivity contribution in [3.8, 4) is 0 Å². The fourth-order valence-electron chi connectivity index (χ4n) is 4.13. The number of amides is 1. The summed E-state index contributed by atoms with van der Waals surface area (Å²) in [5.41, 5.74) is 0.647. The van der Waals surface area contributed by atoms with Crippen LogP contribution in [0, 0.1) is 0 Å². The van der Waals surface area contributed by atoms with Gasteiger partial charge in [0.15, 0.2) is 12.2 Å². The van der Waals surface area contributed by atoms with E-state index in [0.717, 1.165) is 34.8 Å². The summed E-state index contributed by atoms with van der Waals surface area (Å²) in [6, 6.07) is 7.19. The van der Waals surface area contributed by atoms with Gasteiger partial charge in [0.05, 0.1) is 12.5 Å². The van der Waals surface area contributed by atoms with Crippen molar-refractivity contribution in [2.45, 2.75) is 77.0 Å². The largest absolute Gasteiger partial charge is 0.477 e. The number of esters is 4. The average molecular weight is 584 g/mol. The summed E-state index contributed by atoms with van der Waals surface area (Å²) in [5, 5.41) is 12.5. The molecule has 1 aromatic carbocycles. The summed E-state index contributed by atoms with van der Waals surface area (Å²) < 4.78 is 37.2. The van der Waals surface area contributed by atoms with E-state index in [2.05, 4.69) is 5.32 Å². The Morgan fingerprint density at radius 2 is 1.59 bits per heavy atom. The molecule has 0 unspecified atom stereocenters. The van der Waals surface area contributed by atoms with Gasteiger partial charge in [-0.3, -0.25) is 19.2 Å². The second kappa shape index (κ2) is 14.9. The molecule has 6 atom stereocenters. The van der Waals surface area contributed by atoms with Gasteiger partial charge in [-0.25, -0.2) is 9.59 Å². The van der Waals surface area contributed by atoms with E-state index in [1.165, 1.54) is 0 Å². The smallest absolute Gasteiger partial charge is 0.407 e.